The molecule has 2 rings (SSSR count). The molecule has 25 heavy (non-hydrogen) atoms. The third-order valence-corrected chi connectivity index (χ3v) is 4.91. The van der Waals surface area contributed by atoms with E-state index in [2.05, 4.69) is 54.1 Å². The lowest BCUT2D eigenvalue weighted by Gasteiger charge is -2.13. The lowest BCUT2D eigenvalue weighted by atomic mass is 10.0. The maximum absolute atomic E-state index is 5.52. The predicted molar refractivity (Wildman–Crippen MR) is 102 cm³/mol. The van der Waals surface area contributed by atoms with Crippen LogP contribution in [-0.4, -0.2) is 13.2 Å². The second-order valence-electron chi connectivity index (χ2n) is 6.82. The molecule has 3 heteroatoms. The number of nitrogens with zero attached hydrogens (tertiary/aromatic N) is 1. The molecule has 0 N–H and O–H groups in total. The van der Waals surface area contributed by atoms with E-state index >= 15 is 0 Å². The van der Waals surface area contributed by atoms with Crippen LogP contribution in [0.3, 0.4) is 0 Å². The van der Waals surface area contributed by atoms with E-state index in [1.165, 1.54) is 68.7 Å². The summed E-state index contributed by atoms with van der Waals surface area (Å²) in [6.45, 7) is 3.36. The van der Waals surface area contributed by atoms with Crippen molar-refractivity contribution in [3.05, 3.63) is 42.6 Å². The van der Waals surface area contributed by atoms with E-state index in [4.69, 9.17) is 4.74 Å². The van der Waals surface area contributed by atoms with E-state index in [-0.39, 0.29) is 17.0 Å². The monoisotopic (exact) mass is 407 g/mol. The van der Waals surface area contributed by atoms with Gasteiger partial charge >= 0.3 is 0 Å². The standard InChI is InChI=1S/C22H34NO.BrH/c1-3-13-21(24-2)16-8-6-4-5-7-11-18-23-19-12-15-20-14-9-10-17-22(20)23;/h9-10,12,14-15,17,19,21H,3-8,11,13,16,18H2,1-2H3;1H/q+1;/p-1. The van der Waals surface area contributed by atoms with Crippen molar-refractivity contribution in [2.45, 2.75) is 77.4 Å². The second-order valence-corrected chi connectivity index (χ2v) is 6.82. The SMILES string of the molecule is CCCC(CCCCCCCC[n+]1cccc2ccccc21)OC.[Br-]. The van der Waals surface area contributed by atoms with Crippen LogP contribution in [0.2, 0.25) is 0 Å². The molecule has 1 heterocycles. The van der Waals surface area contributed by atoms with Gasteiger partial charge in [-0.2, -0.15) is 4.57 Å². The Kier molecular flexibility index (Phi) is 11.8. The summed E-state index contributed by atoms with van der Waals surface area (Å²) in [5.41, 5.74) is 1.35. The molecule has 0 bridgehead atoms. The third kappa shape index (κ3) is 7.87. The third-order valence-electron chi connectivity index (χ3n) is 4.91. The van der Waals surface area contributed by atoms with E-state index in [0.717, 1.165) is 6.54 Å². The Hall–Kier alpha value is -0.930. The molecule has 0 saturated heterocycles. The number of unbranched alkanes of at least 4 members (excludes halogenated alkanes) is 5. The molecule has 2 nitrogen and oxygen atoms in total. The average molecular weight is 408 g/mol. The van der Waals surface area contributed by atoms with Crippen LogP contribution in [0.25, 0.3) is 10.9 Å². The molecule has 0 aliphatic rings. The zero-order chi connectivity index (χ0) is 17.0. The van der Waals surface area contributed by atoms with Gasteiger partial charge in [-0.1, -0.05) is 51.2 Å². The quantitative estimate of drug-likeness (QED) is 0.389. The summed E-state index contributed by atoms with van der Waals surface area (Å²) in [6.07, 6.45) is 14.4. The highest BCUT2D eigenvalue weighted by atomic mass is 79.9. The largest absolute Gasteiger partial charge is 1.00 e. The van der Waals surface area contributed by atoms with E-state index in [9.17, 15) is 0 Å². The van der Waals surface area contributed by atoms with Gasteiger partial charge in [-0.05, 0) is 31.4 Å². The van der Waals surface area contributed by atoms with Crippen LogP contribution in [-0.2, 0) is 11.3 Å². The molecule has 1 aromatic carbocycles. The lowest BCUT2D eigenvalue weighted by Crippen LogP contribution is -3.00. The molecule has 2 aromatic rings. The molecule has 0 aliphatic heterocycles. The molecule has 0 fully saturated rings. The number of pyridine rings is 1. The van der Waals surface area contributed by atoms with Crippen molar-refractivity contribution < 1.29 is 26.3 Å². The van der Waals surface area contributed by atoms with Crippen molar-refractivity contribution in [1.82, 2.24) is 0 Å². The Balaban J connectivity index is 0.00000312. The molecular weight excluding hydrogens is 374 g/mol. The van der Waals surface area contributed by atoms with Crippen molar-refractivity contribution in [1.29, 1.82) is 0 Å². The van der Waals surface area contributed by atoms with Crippen LogP contribution >= 0.6 is 0 Å². The predicted octanol–water partition coefficient (Wildman–Crippen LogP) is 2.68. The van der Waals surface area contributed by atoms with Crippen LogP contribution < -0.4 is 21.5 Å². The van der Waals surface area contributed by atoms with Crippen molar-refractivity contribution in [2.75, 3.05) is 7.11 Å². The second kappa shape index (κ2) is 13.3. The number of aryl methyl sites for hydroxylation is 1. The molecular formula is C22H34BrNO. The Morgan fingerprint density at radius 1 is 0.880 bits per heavy atom. The molecule has 0 spiro atoms. The maximum atomic E-state index is 5.52. The van der Waals surface area contributed by atoms with Crippen molar-refractivity contribution >= 4 is 10.9 Å². The summed E-state index contributed by atoms with van der Waals surface area (Å²) in [4.78, 5) is 0. The van der Waals surface area contributed by atoms with Gasteiger partial charge in [-0.25, -0.2) is 0 Å². The summed E-state index contributed by atoms with van der Waals surface area (Å²) < 4.78 is 7.91. The summed E-state index contributed by atoms with van der Waals surface area (Å²) in [7, 11) is 1.85. The number of hydrogen-bond acceptors (Lipinski definition) is 1. The maximum Gasteiger partial charge on any atom is 0.212 e. The van der Waals surface area contributed by atoms with Crippen LogP contribution in [0.1, 0.15) is 64.7 Å². The molecule has 140 valence electrons. The van der Waals surface area contributed by atoms with Crippen LogP contribution in [0.4, 0.5) is 0 Å². The Bertz CT molecular complexity index is 582. The molecule has 0 aliphatic carbocycles. The number of aromatic nitrogens is 1. The van der Waals surface area contributed by atoms with Gasteiger partial charge in [0.05, 0.1) is 6.10 Å². The number of methoxy groups -OCH3 is 1. The van der Waals surface area contributed by atoms with E-state index < -0.39 is 0 Å². The number of halogens is 1. The minimum Gasteiger partial charge on any atom is -1.00 e. The number of benzene rings is 1. The fourth-order valence-corrected chi connectivity index (χ4v) is 3.48. The minimum atomic E-state index is 0. The molecule has 1 aromatic heterocycles. The van der Waals surface area contributed by atoms with Gasteiger partial charge in [0.1, 0.15) is 6.54 Å². The first-order valence-electron chi connectivity index (χ1n) is 9.75. The smallest absolute Gasteiger partial charge is 0.212 e. The molecule has 0 saturated carbocycles. The number of para-hydroxylation sites is 1. The molecule has 0 amide bonds. The Morgan fingerprint density at radius 3 is 2.32 bits per heavy atom. The normalized spacial score (nSPS) is 12.1. The highest BCUT2D eigenvalue weighted by molar-refractivity contribution is 5.74. The number of fused-ring (bicyclic) bond motifs is 1. The topological polar surface area (TPSA) is 13.1 Å². The fourth-order valence-electron chi connectivity index (χ4n) is 3.48. The van der Waals surface area contributed by atoms with Gasteiger partial charge in [-0.15, -0.1) is 0 Å². The van der Waals surface area contributed by atoms with Gasteiger partial charge in [0.25, 0.3) is 0 Å². The summed E-state index contributed by atoms with van der Waals surface area (Å²) >= 11 is 0. The Morgan fingerprint density at radius 2 is 1.56 bits per heavy atom. The first kappa shape index (κ1) is 22.1. The first-order chi connectivity index (χ1) is 11.8. The summed E-state index contributed by atoms with van der Waals surface area (Å²) in [5, 5.41) is 1.33. The van der Waals surface area contributed by atoms with Crippen LogP contribution in [0, 0.1) is 0 Å². The summed E-state index contributed by atoms with van der Waals surface area (Å²) in [5.74, 6) is 0. The highest BCUT2D eigenvalue weighted by Gasteiger charge is 2.07. The van der Waals surface area contributed by atoms with Gasteiger partial charge in [0.2, 0.25) is 5.52 Å². The van der Waals surface area contributed by atoms with Crippen molar-refractivity contribution in [2.24, 2.45) is 0 Å². The van der Waals surface area contributed by atoms with Crippen molar-refractivity contribution in [3.8, 4) is 0 Å². The van der Waals surface area contributed by atoms with Crippen molar-refractivity contribution in [3.63, 3.8) is 0 Å². The lowest BCUT2D eigenvalue weighted by molar-refractivity contribution is -0.671. The van der Waals surface area contributed by atoms with Crippen LogP contribution in [0.15, 0.2) is 42.6 Å². The number of hydrogen-bond donors (Lipinski definition) is 0. The highest BCUT2D eigenvalue weighted by Crippen LogP contribution is 2.13. The van der Waals surface area contributed by atoms with Crippen LogP contribution in [0.5, 0.6) is 0 Å². The molecule has 1 unspecified atom stereocenters. The van der Waals surface area contributed by atoms with E-state index in [1.54, 1.807) is 0 Å². The molecule has 0 radical (unpaired) electrons. The van der Waals surface area contributed by atoms with E-state index in [0.29, 0.717) is 6.10 Å². The zero-order valence-corrected chi connectivity index (χ0v) is 17.5. The minimum absolute atomic E-state index is 0. The van der Waals surface area contributed by atoms with Gasteiger partial charge in [-0.3, -0.25) is 0 Å². The first-order valence-corrected chi connectivity index (χ1v) is 9.75. The Labute approximate surface area is 164 Å². The van der Waals surface area contributed by atoms with Gasteiger partial charge in [0.15, 0.2) is 6.20 Å². The average Bonchev–Trinajstić information content (AvgIpc) is 2.63. The van der Waals surface area contributed by atoms with Gasteiger partial charge in [0, 0.05) is 31.0 Å². The molecule has 1 atom stereocenters. The number of ether oxygens (including phenoxy) is 1. The van der Waals surface area contributed by atoms with E-state index in [1.807, 2.05) is 7.11 Å². The number of rotatable bonds is 12. The zero-order valence-electron chi connectivity index (χ0n) is 15.9. The van der Waals surface area contributed by atoms with Gasteiger partial charge < -0.3 is 21.7 Å². The fraction of sp³-hybridized carbons (Fsp3) is 0.591. The summed E-state index contributed by atoms with van der Waals surface area (Å²) in [6, 6.07) is 13.0.